The number of rotatable bonds is 7. The molecule has 26 heavy (non-hydrogen) atoms. The molecule has 3 rings (SSSR count). The Balaban J connectivity index is 2.08. The van der Waals surface area contributed by atoms with E-state index in [-0.39, 0.29) is 5.91 Å². The molecule has 2 aromatic rings. The minimum atomic E-state index is -0.607. The fourth-order valence-electron chi connectivity index (χ4n) is 2.92. The molecule has 1 aromatic heterocycles. The van der Waals surface area contributed by atoms with Crippen LogP contribution >= 0.6 is 23.1 Å². The molecule has 1 unspecified atom stereocenters. The van der Waals surface area contributed by atoms with Crippen molar-refractivity contribution in [2.45, 2.75) is 30.7 Å². The van der Waals surface area contributed by atoms with Crippen LogP contribution in [0.4, 0.5) is 0 Å². The molecule has 138 valence electrons. The molecule has 2 atom stereocenters. The number of nitrogens with zero attached hydrogens (tertiary/aromatic N) is 2. The average molecular weight is 390 g/mol. The van der Waals surface area contributed by atoms with Crippen LogP contribution in [0.5, 0.6) is 0 Å². The number of ether oxygens (including phenoxy) is 1. The number of hydrazone groups is 1. The van der Waals surface area contributed by atoms with Crippen LogP contribution in [0.3, 0.4) is 0 Å². The third-order valence-electron chi connectivity index (χ3n) is 4.39. The van der Waals surface area contributed by atoms with E-state index in [9.17, 15) is 4.79 Å². The van der Waals surface area contributed by atoms with Crippen molar-refractivity contribution in [2.24, 2.45) is 10.8 Å². The molecule has 5 nitrogen and oxygen atoms in total. The topological polar surface area (TPSA) is 67.9 Å². The minimum Gasteiger partial charge on any atom is -0.372 e. The molecule has 0 saturated heterocycles. The normalized spacial score (nSPS) is 20.9. The van der Waals surface area contributed by atoms with Crippen molar-refractivity contribution < 1.29 is 9.53 Å². The average Bonchev–Trinajstić information content (AvgIpc) is 3.34. The maximum Gasteiger partial charge on any atom is 0.273 e. The molecule has 1 aromatic carbocycles. The predicted octanol–water partition coefficient (Wildman–Crippen LogP) is 3.61. The maximum atomic E-state index is 13.1. The number of thiophene rings is 1. The molecule has 1 aliphatic heterocycles. The smallest absolute Gasteiger partial charge is 0.273 e. The van der Waals surface area contributed by atoms with E-state index >= 15 is 0 Å². The van der Waals surface area contributed by atoms with Crippen molar-refractivity contribution in [3.05, 3.63) is 58.3 Å². The fourth-order valence-corrected chi connectivity index (χ4v) is 5.12. The summed E-state index contributed by atoms with van der Waals surface area (Å²) in [7, 11) is 1.54. The third-order valence-corrected chi connectivity index (χ3v) is 6.84. The highest BCUT2D eigenvalue weighted by Gasteiger charge is 2.49. The highest BCUT2D eigenvalue weighted by Crippen LogP contribution is 2.50. The number of hydrogen-bond acceptors (Lipinski definition) is 6. The number of hydrogen-bond donors (Lipinski definition) is 1. The first-order chi connectivity index (χ1) is 12.6. The Morgan fingerprint density at radius 2 is 2.08 bits per heavy atom. The van der Waals surface area contributed by atoms with E-state index < -0.39 is 11.0 Å². The lowest BCUT2D eigenvalue weighted by molar-refractivity contribution is -0.144. The van der Waals surface area contributed by atoms with Crippen LogP contribution in [0.1, 0.15) is 30.2 Å². The summed E-state index contributed by atoms with van der Waals surface area (Å²) >= 11 is 3.25. The van der Waals surface area contributed by atoms with Gasteiger partial charge < -0.3 is 10.5 Å². The highest BCUT2D eigenvalue weighted by atomic mass is 32.2. The van der Waals surface area contributed by atoms with Gasteiger partial charge in [-0.2, -0.15) is 5.10 Å². The van der Waals surface area contributed by atoms with E-state index in [4.69, 9.17) is 15.6 Å². The SMILES string of the molecule is CO[C@@H](C)C(=O)N1N=C(c2cccs2)SC1(CCCN)c1ccccc1. The predicted molar refractivity (Wildman–Crippen MR) is 108 cm³/mol. The van der Waals surface area contributed by atoms with Crippen molar-refractivity contribution in [2.75, 3.05) is 13.7 Å². The van der Waals surface area contributed by atoms with Gasteiger partial charge in [-0.15, -0.1) is 11.3 Å². The molecule has 1 aliphatic rings. The Labute approximate surface area is 162 Å². The summed E-state index contributed by atoms with van der Waals surface area (Å²) < 4.78 is 5.29. The van der Waals surface area contributed by atoms with Crippen molar-refractivity contribution in [1.29, 1.82) is 0 Å². The van der Waals surface area contributed by atoms with Gasteiger partial charge in [0.25, 0.3) is 5.91 Å². The summed E-state index contributed by atoms with van der Waals surface area (Å²) in [4.78, 5) is 13.5. The summed E-state index contributed by atoms with van der Waals surface area (Å²) in [5.74, 6) is -0.146. The molecule has 0 radical (unpaired) electrons. The van der Waals surface area contributed by atoms with Crippen molar-refractivity contribution in [1.82, 2.24) is 5.01 Å². The first-order valence-corrected chi connectivity index (χ1v) is 10.3. The van der Waals surface area contributed by atoms with Crippen LogP contribution in [-0.2, 0) is 14.4 Å². The molecule has 0 spiro atoms. The van der Waals surface area contributed by atoms with E-state index in [1.807, 2.05) is 47.8 Å². The summed E-state index contributed by atoms with van der Waals surface area (Å²) in [6.45, 7) is 2.32. The zero-order valence-corrected chi connectivity index (χ0v) is 16.6. The van der Waals surface area contributed by atoms with Gasteiger partial charge in [-0.25, -0.2) is 5.01 Å². The minimum absolute atomic E-state index is 0.146. The number of benzene rings is 1. The molecule has 2 heterocycles. The van der Waals surface area contributed by atoms with Crippen molar-refractivity contribution in [3.8, 4) is 0 Å². The summed E-state index contributed by atoms with van der Waals surface area (Å²) in [6, 6.07) is 14.1. The number of carbonyl (C=O) groups excluding carboxylic acids is 1. The Kier molecular flexibility index (Phi) is 6.13. The van der Waals surface area contributed by atoms with Crippen LogP contribution in [0.15, 0.2) is 52.9 Å². The van der Waals surface area contributed by atoms with E-state index in [0.29, 0.717) is 6.54 Å². The molecular weight excluding hydrogens is 366 g/mol. The first kappa shape index (κ1) is 19.1. The largest absolute Gasteiger partial charge is 0.372 e. The number of amides is 1. The van der Waals surface area contributed by atoms with Crippen LogP contribution in [0, 0.1) is 0 Å². The van der Waals surface area contributed by atoms with Gasteiger partial charge >= 0.3 is 0 Å². The van der Waals surface area contributed by atoms with E-state index in [2.05, 4.69) is 0 Å². The standard InChI is InChI=1S/C19H23N3O2S2/c1-14(24-2)18(23)22-19(11-7-12-20,15-8-4-3-5-9-15)26-17(21-22)16-10-6-13-25-16/h3-6,8-10,13-14H,7,11-12,20H2,1-2H3/t14-,19?/m0/s1. The lowest BCUT2D eigenvalue weighted by Gasteiger charge is -2.36. The van der Waals surface area contributed by atoms with Crippen molar-refractivity contribution in [3.63, 3.8) is 0 Å². The molecule has 0 saturated carbocycles. The van der Waals surface area contributed by atoms with Crippen LogP contribution in [0.25, 0.3) is 0 Å². The van der Waals surface area contributed by atoms with E-state index in [0.717, 1.165) is 28.3 Å². The number of thioether (sulfide) groups is 1. The Morgan fingerprint density at radius 3 is 2.69 bits per heavy atom. The van der Waals surface area contributed by atoms with Crippen LogP contribution < -0.4 is 5.73 Å². The molecule has 2 N–H and O–H groups in total. The maximum absolute atomic E-state index is 13.1. The molecule has 0 fully saturated rings. The van der Waals surface area contributed by atoms with Gasteiger partial charge in [0, 0.05) is 7.11 Å². The Bertz CT molecular complexity index is 764. The molecular formula is C19H23N3O2S2. The monoisotopic (exact) mass is 389 g/mol. The number of nitrogens with two attached hydrogens (primary N) is 1. The van der Waals surface area contributed by atoms with Gasteiger partial charge in [0.05, 0.1) is 4.88 Å². The molecule has 7 heteroatoms. The van der Waals surface area contributed by atoms with Crippen molar-refractivity contribution >= 4 is 34.0 Å². The zero-order valence-electron chi connectivity index (χ0n) is 14.9. The van der Waals surface area contributed by atoms with E-state index in [1.165, 1.54) is 0 Å². The second kappa shape index (κ2) is 8.35. The van der Waals surface area contributed by atoms with Crippen LogP contribution in [-0.4, -0.2) is 35.7 Å². The van der Waals surface area contributed by atoms with Gasteiger partial charge in [-0.05, 0) is 43.3 Å². The summed E-state index contributed by atoms with van der Waals surface area (Å²) in [6.07, 6.45) is 0.946. The van der Waals surface area contributed by atoms with E-state index in [1.54, 1.807) is 42.1 Å². The highest BCUT2D eigenvalue weighted by molar-refractivity contribution is 8.15. The Hall–Kier alpha value is -1.67. The molecule has 0 aliphatic carbocycles. The number of carbonyl (C=O) groups is 1. The lowest BCUT2D eigenvalue weighted by atomic mass is 10.00. The van der Waals surface area contributed by atoms with Gasteiger partial charge in [0.1, 0.15) is 16.0 Å². The molecule has 0 bridgehead atoms. The lowest BCUT2D eigenvalue weighted by Crippen LogP contribution is -2.46. The van der Waals surface area contributed by atoms with Gasteiger partial charge in [0.15, 0.2) is 0 Å². The quantitative estimate of drug-likeness (QED) is 0.785. The van der Waals surface area contributed by atoms with Gasteiger partial charge in [0.2, 0.25) is 0 Å². The second-order valence-electron chi connectivity index (χ2n) is 6.06. The second-order valence-corrected chi connectivity index (χ2v) is 8.27. The Morgan fingerprint density at radius 1 is 1.31 bits per heavy atom. The van der Waals surface area contributed by atoms with Gasteiger partial charge in [-0.3, -0.25) is 4.79 Å². The van der Waals surface area contributed by atoms with Crippen LogP contribution in [0.2, 0.25) is 0 Å². The van der Waals surface area contributed by atoms with Gasteiger partial charge in [-0.1, -0.05) is 48.2 Å². The fraction of sp³-hybridized carbons (Fsp3) is 0.368. The summed E-state index contributed by atoms with van der Waals surface area (Å²) in [5.41, 5.74) is 6.85. The number of methoxy groups -OCH3 is 1. The summed E-state index contributed by atoms with van der Waals surface area (Å²) in [5, 5.41) is 9.23. The third kappa shape index (κ3) is 3.57. The molecule has 1 amide bonds. The zero-order chi connectivity index (χ0) is 18.6. The first-order valence-electron chi connectivity index (χ1n) is 8.56.